The smallest absolute Gasteiger partial charge is 0.212 e. The summed E-state index contributed by atoms with van der Waals surface area (Å²) in [6.45, 7) is 0. The van der Waals surface area contributed by atoms with Crippen molar-refractivity contribution in [3.8, 4) is 10.4 Å². The zero-order valence-corrected chi connectivity index (χ0v) is 10.7. The van der Waals surface area contributed by atoms with E-state index >= 15 is 0 Å². The summed E-state index contributed by atoms with van der Waals surface area (Å²) in [5, 5.41) is 3.94. The van der Waals surface area contributed by atoms with Crippen LogP contribution in [-0.2, 0) is 14.8 Å². The highest BCUT2D eigenvalue weighted by atomic mass is 35.7. The Balaban J connectivity index is 2.25. The van der Waals surface area contributed by atoms with Gasteiger partial charge in [-0.25, -0.2) is 8.42 Å². The summed E-state index contributed by atoms with van der Waals surface area (Å²) >= 11 is 3.05. The molecule has 2 rings (SSSR count). The van der Waals surface area contributed by atoms with Crippen molar-refractivity contribution >= 4 is 42.4 Å². The lowest BCUT2D eigenvalue weighted by molar-refractivity contribution is 0.609. The van der Waals surface area contributed by atoms with E-state index in [1.165, 1.54) is 11.3 Å². The minimum atomic E-state index is -3.45. The minimum Gasteiger partial charge on any atom is -0.212 e. The number of rotatable bonds is 3. The molecule has 2 aromatic heterocycles. The second-order valence-electron chi connectivity index (χ2n) is 2.96. The first-order valence-corrected chi connectivity index (χ1v) is 8.32. The molecule has 2 nitrogen and oxygen atoms in total. The van der Waals surface area contributed by atoms with Crippen molar-refractivity contribution in [2.24, 2.45) is 0 Å². The predicted molar refractivity (Wildman–Crippen MR) is 66.1 cm³/mol. The van der Waals surface area contributed by atoms with Crippen LogP contribution in [0.15, 0.2) is 29.0 Å². The van der Waals surface area contributed by atoms with Crippen LogP contribution >= 0.6 is 33.4 Å². The van der Waals surface area contributed by atoms with Gasteiger partial charge in [0.15, 0.2) is 0 Å². The Morgan fingerprint density at radius 1 is 1.33 bits per heavy atom. The van der Waals surface area contributed by atoms with Gasteiger partial charge in [0.25, 0.3) is 0 Å². The van der Waals surface area contributed by atoms with Crippen LogP contribution in [0.4, 0.5) is 0 Å². The summed E-state index contributed by atoms with van der Waals surface area (Å²) in [5.41, 5.74) is 1.06. The van der Waals surface area contributed by atoms with Gasteiger partial charge in [0.05, 0.1) is 5.75 Å². The third-order valence-electron chi connectivity index (χ3n) is 1.77. The minimum absolute atomic E-state index is 0.0927. The van der Waals surface area contributed by atoms with Crippen LogP contribution in [-0.4, -0.2) is 8.42 Å². The normalized spacial score (nSPS) is 11.8. The first-order valence-electron chi connectivity index (χ1n) is 4.08. The van der Waals surface area contributed by atoms with Gasteiger partial charge in [-0.05, 0) is 22.9 Å². The van der Waals surface area contributed by atoms with E-state index in [4.69, 9.17) is 10.7 Å². The molecule has 0 unspecified atom stereocenters. The lowest BCUT2D eigenvalue weighted by atomic mass is 10.3. The van der Waals surface area contributed by atoms with Gasteiger partial charge in [-0.2, -0.15) is 0 Å². The van der Waals surface area contributed by atoms with E-state index in [-0.39, 0.29) is 5.75 Å². The number of hydrogen-bond donors (Lipinski definition) is 0. The second-order valence-corrected chi connectivity index (χ2v) is 7.68. The van der Waals surface area contributed by atoms with Crippen molar-refractivity contribution in [2.45, 2.75) is 5.75 Å². The zero-order chi connectivity index (χ0) is 10.9. The van der Waals surface area contributed by atoms with Crippen molar-refractivity contribution in [1.29, 1.82) is 0 Å². The topological polar surface area (TPSA) is 34.1 Å². The molecule has 0 atom stereocenters. The van der Waals surface area contributed by atoms with Gasteiger partial charge < -0.3 is 0 Å². The summed E-state index contributed by atoms with van der Waals surface area (Å²) in [4.78, 5) is 1.91. The number of halogens is 1. The summed E-state index contributed by atoms with van der Waals surface area (Å²) in [6.07, 6.45) is 0. The molecule has 0 saturated carbocycles. The third-order valence-corrected chi connectivity index (χ3v) is 4.80. The zero-order valence-electron chi connectivity index (χ0n) is 7.51. The Kier molecular flexibility index (Phi) is 3.16. The second kappa shape index (κ2) is 4.25. The fourth-order valence-electron chi connectivity index (χ4n) is 1.20. The molecule has 0 aliphatic carbocycles. The Morgan fingerprint density at radius 2 is 2.13 bits per heavy atom. The van der Waals surface area contributed by atoms with Gasteiger partial charge in [0, 0.05) is 26.0 Å². The molecule has 0 aromatic carbocycles. The highest BCUT2D eigenvalue weighted by molar-refractivity contribution is 8.13. The van der Waals surface area contributed by atoms with Crippen molar-refractivity contribution < 1.29 is 8.42 Å². The van der Waals surface area contributed by atoms with Crippen LogP contribution in [0.2, 0.25) is 0 Å². The molecule has 0 saturated heterocycles. The molecule has 2 heterocycles. The average Bonchev–Trinajstić information content (AvgIpc) is 2.68. The Morgan fingerprint density at radius 3 is 2.73 bits per heavy atom. The van der Waals surface area contributed by atoms with Crippen LogP contribution in [0.3, 0.4) is 0 Å². The van der Waals surface area contributed by atoms with Gasteiger partial charge in [0.1, 0.15) is 0 Å². The quantitative estimate of drug-likeness (QED) is 0.805. The van der Waals surface area contributed by atoms with E-state index in [1.807, 2.05) is 29.0 Å². The van der Waals surface area contributed by atoms with Crippen LogP contribution in [0.1, 0.15) is 4.88 Å². The molecule has 0 aliphatic rings. The van der Waals surface area contributed by atoms with Crippen LogP contribution in [0.25, 0.3) is 10.4 Å². The molecule has 6 heteroatoms. The first kappa shape index (κ1) is 11.1. The Labute approximate surface area is 101 Å². The van der Waals surface area contributed by atoms with Gasteiger partial charge >= 0.3 is 0 Å². The number of thiophene rings is 2. The Bertz CT molecular complexity index is 540. The molecular weight excluding hydrogens is 272 g/mol. The average molecular weight is 279 g/mol. The van der Waals surface area contributed by atoms with Crippen LogP contribution in [0, 0.1) is 0 Å². The fraction of sp³-hybridized carbons (Fsp3) is 0.111. The van der Waals surface area contributed by atoms with Gasteiger partial charge in [-0.1, -0.05) is 6.07 Å². The molecule has 0 amide bonds. The summed E-state index contributed by atoms with van der Waals surface area (Å²) < 4.78 is 21.7. The summed E-state index contributed by atoms with van der Waals surface area (Å²) in [7, 11) is 1.74. The maximum Gasteiger partial charge on any atom is 0.237 e. The van der Waals surface area contributed by atoms with Crippen molar-refractivity contribution in [3.63, 3.8) is 0 Å². The molecule has 15 heavy (non-hydrogen) atoms. The van der Waals surface area contributed by atoms with E-state index in [2.05, 4.69) is 0 Å². The van der Waals surface area contributed by atoms with E-state index in [0.717, 1.165) is 15.3 Å². The Hall–Kier alpha value is -0.360. The van der Waals surface area contributed by atoms with E-state index in [0.29, 0.717) is 0 Å². The lowest BCUT2D eigenvalue weighted by Gasteiger charge is -1.90. The molecular formula is C9H7ClO2S3. The molecule has 0 bridgehead atoms. The van der Waals surface area contributed by atoms with Crippen LogP contribution in [0.5, 0.6) is 0 Å². The fourth-order valence-corrected chi connectivity index (χ4v) is 4.36. The maximum absolute atomic E-state index is 10.9. The largest absolute Gasteiger partial charge is 0.237 e. The first-order chi connectivity index (χ1) is 7.04. The summed E-state index contributed by atoms with van der Waals surface area (Å²) in [5.74, 6) is -0.0927. The van der Waals surface area contributed by atoms with Crippen LogP contribution < -0.4 is 0 Å². The molecule has 0 aliphatic heterocycles. The molecule has 2 aromatic rings. The monoisotopic (exact) mass is 278 g/mol. The standard InChI is InChI=1S/C9H7ClO2S3/c10-15(11,12)6-8-4-7(5-14-8)9-2-1-3-13-9/h1-5H,6H2. The van der Waals surface area contributed by atoms with Gasteiger partial charge in [0.2, 0.25) is 9.05 Å². The lowest BCUT2D eigenvalue weighted by Crippen LogP contribution is -1.91. The number of hydrogen-bond acceptors (Lipinski definition) is 4. The van der Waals surface area contributed by atoms with Crippen molar-refractivity contribution in [3.05, 3.63) is 33.8 Å². The van der Waals surface area contributed by atoms with Crippen molar-refractivity contribution in [1.82, 2.24) is 0 Å². The molecule has 0 fully saturated rings. The molecule has 0 spiro atoms. The van der Waals surface area contributed by atoms with Gasteiger partial charge in [-0.3, -0.25) is 0 Å². The SMILES string of the molecule is O=S(=O)(Cl)Cc1cc(-c2cccs2)cs1. The van der Waals surface area contributed by atoms with Crippen molar-refractivity contribution in [2.75, 3.05) is 0 Å². The highest BCUT2D eigenvalue weighted by Gasteiger charge is 2.10. The molecule has 0 radical (unpaired) electrons. The van der Waals surface area contributed by atoms with Gasteiger partial charge in [-0.15, -0.1) is 22.7 Å². The molecule has 0 N–H and O–H groups in total. The van der Waals surface area contributed by atoms with E-state index < -0.39 is 9.05 Å². The van der Waals surface area contributed by atoms with E-state index in [9.17, 15) is 8.42 Å². The molecule has 80 valence electrons. The summed E-state index contributed by atoms with van der Waals surface area (Å²) in [6, 6.07) is 5.84. The third kappa shape index (κ3) is 3.04. The predicted octanol–water partition coefficient (Wildman–Crippen LogP) is 3.55. The highest BCUT2D eigenvalue weighted by Crippen LogP contribution is 2.30. The van der Waals surface area contributed by atoms with E-state index in [1.54, 1.807) is 11.3 Å². The maximum atomic E-state index is 10.9.